The topological polar surface area (TPSA) is 49.4 Å². The average molecular weight is 286 g/mol. The molecular weight excluding hydrogens is 267 g/mol. The van der Waals surface area contributed by atoms with Gasteiger partial charge in [-0.15, -0.1) is 0 Å². The molecule has 0 atom stereocenters. The highest BCUT2D eigenvalue weighted by atomic mass is 32.2. The molecule has 1 aliphatic rings. The molecule has 19 heavy (non-hydrogen) atoms. The van der Waals surface area contributed by atoms with Crippen LogP contribution in [0.25, 0.3) is 0 Å². The Labute approximate surface area is 113 Å². The molecular formula is C13H19FN2O2S. The van der Waals surface area contributed by atoms with Crippen LogP contribution >= 0.6 is 0 Å². The van der Waals surface area contributed by atoms with E-state index in [1.54, 1.807) is 14.0 Å². The summed E-state index contributed by atoms with van der Waals surface area (Å²) < 4.78 is 39.6. The number of sulfonamides is 1. The lowest BCUT2D eigenvalue weighted by atomic mass is 10.1. The molecule has 1 saturated heterocycles. The molecule has 1 N–H and O–H groups in total. The molecule has 0 radical (unpaired) electrons. The maximum Gasteiger partial charge on any atom is 0.243 e. The van der Waals surface area contributed by atoms with E-state index >= 15 is 0 Å². The molecule has 1 heterocycles. The Morgan fingerprint density at radius 1 is 1.32 bits per heavy atom. The van der Waals surface area contributed by atoms with Crippen molar-refractivity contribution in [3.63, 3.8) is 0 Å². The number of hydrogen-bond donors (Lipinski definition) is 1. The second-order valence-electron chi connectivity index (χ2n) is 4.91. The maximum atomic E-state index is 13.1. The normalized spacial score (nSPS) is 17.9. The Bertz CT molecular complexity index is 554. The van der Waals surface area contributed by atoms with E-state index < -0.39 is 15.8 Å². The largest absolute Gasteiger partial charge is 0.317 e. The van der Waals surface area contributed by atoms with E-state index in [1.165, 1.54) is 22.5 Å². The minimum atomic E-state index is -3.55. The molecule has 1 aliphatic heterocycles. The number of aryl methyl sites for hydroxylation is 1. The zero-order valence-electron chi connectivity index (χ0n) is 11.2. The number of nitrogens with zero attached hydrogens (tertiary/aromatic N) is 1. The molecule has 1 aromatic rings. The van der Waals surface area contributed by atoms with Crippen LogP contribution in [0.4, 0.5) is 4.39 Å². The third-order valence-electron chi connectivity index (χ3n) is 3.62. The van der Waals surface area contributed by atoms with Crippen LogP contribution in [-0.2, 0) is 10.0 Å². The highest BCUT2D eigenvalue weighted by molar-refractivity contribution is 7.89. The van der Waals surface area contributed by atoms with Crippen molar-refractivity contribution in [1.82, 2.24) is 9.62 Å². The Hall–Kier alpha value is -0.980. The molecule has 4 nitrogen and oxygen atoms in total. The SMILES string of the molecule is Cc1cc(F)ccc1S(=O)(=O)N(C)C1CCNCC1. The van der Waals surface area contributed by atoms with Gasteiger partial charge in [-0.3, -0.25) is 0 Å². The van der Waals surface area contributed by atoms with Crippen LogP contribution in [0.1, 0.15) is 18.4 Å². The summed E-state index contributed by atoms with van der Waals surface area (Å²) in [6.45, 7) is 3.27. The number of piperidine rings is 1. The standard InChI is InChI=1S/C13H19FN2O2S/c1-10-9-11(14)3-4-13(10)19(17,18)16(2)12-5-7-15-8-6-12/h3-4,9,12,15H,5-8H2,1-2H3. The summed E-state index contributed by atoms with van der Waals surface area (Å²) in [6.07, 6.45) is 1.60. The van der Waals surface area contributed by atoms with Gasteiger partial charge in [0.1, 0.15) is 5.82 Å². The summed E-state index contributed by atoms with van der Waals surface area (Å²) in [5.41, 5.74) is 0.445. The first-order valence-corrected chi connectivity index (χ1v) is 7.82. The van der Waals surface area contributed by atoms with Gasteiger partial charge in [-0.05, 0) is 56.6 Å². The molecule has 0 aromatic heterocycles. The lowest BCUT2D eigenvalue weighted by Crippen LogP contribution is -2.44. The number of nitrogens with one attached hydrogen (secondary N) is 1. The fourth-order valence-electron chi connectivity index (χ4n) is 2.42. The lowest BCUT2D eigenvalue weighted by Gasteiger charge is -2.31. The van der Waals surface area contributed by atoms with Crippen LogP contribution in [0, 0.1) is 12.7 Å². The van der Waals surface area contributed by atoms with Crippen LogP contribution in [0.3, 0.4) is 0 Å². The fourth-order valence-corrected chi connectivity index (χ4v) is 4.04. The number of benzene rings is 1. The van der Waals surface area contributed by atoms with E-state index in [1.807, 2.05) is 0 Å². The van der Waals surface area contributed by atoms with E-state index in [-0.39, 0.29) is 10.9 Å². The monoisotopic (exact) mass is 286 g/mol. The average Bonchev–Trinajstić information content (AvgIpc) is 2.38. The Balaban J connectivity index is 2.30. The van der Waals surface area contributed by atoms with Crippen molar-refractivity contribution < 1.29 is 12.8 Å². The van der Waals surface area contributed by atoms with E-state index in [0.717, 1.165) is 25.9 Å². The summed E-state index contributed by atoms with van der Waals surface area (Å²) >= 11 is 0. The van der Waals surface area contributed by atoms with Crippen LogP contribution in [-0.4, -0.2) is 38.9 Å². The van der Waals surface area contributed by atoms with Crippen molar-refractivity contribution in [2.75, 3.05) is 20.1 Å². The van der Waals surface area contributed by atoms with E-state index in [4.69, 9.17) is 0 Å². The smallest absolute Gasteiger partial charge is 0.243 e. The van der Waals surface area contributed by atoms with Gasteiger partial charge in [0, 0.05) is 13.1 Å². The van der Waals surface area contributed by atoms with Crippen LogP contribution in [0.5, 0.6) is 0 Å². The molecule has 0 amide bonds. The van der Waals surface area contributed by atoms with Gasteiger partial charge in [0.25, 0.3) is 0 Å². The predicted molar refractivity (Wildman–Crippen MR) is 72.0 cm³/mol. The van der Waals surface area contributed by atoms with Crippen LogP contribution < -0.4 is 5.32 Å². The van der Waals surface area contributed by atoms with E-state index in [0.29, 0.717) is 5.56 Å². The van der Waals surface area contributed by atoms with Gasteiger partial charge in [0.2, 0.25) is 10.0 Å². The highest BCUT2D eigenvalue weighted by Crippen LogP contribution is 2.23. The Morgan fingerprint density at radius 2 is 1.95 bits per heavy atom. The van der Waals surface area contributed by atoms with Crippen LogP contribution in [0.2, 0.25) is 0 Å². The first kappa shape index (κ1) is 14.4. The molecule has 0 aliphatic carbocycles. The molecule has 1 aromatic carbocycles. The molecule has 106 valence electrons. The molecule has 2 rings (SSSR count). The predicted octanol–water partition coefficient (Wildman–Crippen LogP) is 1.51. The zero-order chi connectivity index (χ0) is 14.0. The zero-order valence-corrected chi connectivity index (χ0v) is 12.0. The molecule has 0 unspecified atom stereocenters. The summed E-state index contributed by atoms with van der Waals surface area (Å²) in [5.74, 6) is -0.416. The van der Waals surface area contributed by atoms with Crippen molar-refractivity contribution in [3.05, 3.63) is 29.6 Å². The minimum Gasteiger partial charge on any atom is -0.317 e. The second-order valence-corrected chi connectivity index (χ2v) is 6.88. The minimum absolute atomic E-state index is 0.00991. The van der Waals surface area contributed by atoms with Gasteiger partial charge in [-0.25, -0.2) is 12.8 Å². The quantitative estimate of drug-likeness (QED) is 0.916. The van der Waals surface area contributed by atoms with Crippen molar-refractivity contribution in [1.29, 1.82) is 0 Å². The Kier molecular flexibility index (Phi) is 4.23. The number of halogens is 1. The first-order valence-electron chi connectivity index (χ1n) is 6.38. The summed E-state index contributed by atoms with van der Waals surface area (Å²) in [4.78, 5) is 0.190. The van der Waals surface area contributed by atoms with Gasteiger partial charge in [0.05, 0.1) is 4.90 Å². The van der Waals surface area contributed by atoms with Crippen molar-refractivity contribution in [2.24, 2.45) is 0 Å². The van der Waals surface area contributed by atoms with Gasteiger partial charge in [-0.1, -0.05) is 0 Å². The van der Waals surface area contributed by atoms with E-state index in [9.17, 15) is 12.8 Å². The molecule has 6 heteroatoms. The summed E-state index contributed by atoms with van der Waals surface area (Å²) in [6, 6.07) is 3.80. The molecule has 1 fully saturated rings. The second kappa shape index (κ2) is 5.56. The lowest BCUT2D eigenvalue weighted by molar-refractivity contribution is 0.296. The third-order valence-corrected chi connectivity index (χ3v) is 5.69. The maximum absolute atomic E-state index is 13.1. The fraction of sp³-hybridized carbons (Fsp3) is 0.538. The summed E-state index contributed by atoms with van der Waals surface area (Å²) in [5, 5.41) is 3.21. The number of hydrogen-bond acceptors (Lipinski definition) is 3. The van der Waals surface area contributed by atoms with Crippen molar-refractivity contribution in [3.8, 4) is 0 Å². The Morgan fingerprint density at radius 3 is 2.53 bits per heavy atom. The molecule has 0 bridgehead atoms. The van der Waals surface area contributed by atoms with E-state index in [2.05, 4.69) is 5.32 Å². The van der Waals surface area contributed by atoms with Crippen molar-refractivity contribution >= 4 is 10.0 Å². The number of rotatable bonds is 3. The van der Waals surface area contributed by atoms with Gasteiger partial charge < -0.3 is 5.32 Å². The first-order chi connectivity index (χ1) is 8.93. The van der Waals surface area contributed by atoms with Gasteiger partial charge >= 0.3 is 0 Å². The summed E-state index contributed by atoms with van der Waals surface area (Å²) in [7, 11) is -1.94. The molecule has 0 spiro atoms. The highest BCUT2D eigenvalue weighted by Gasteiger charge is 2.29. The van der Waals surface area contributed by atoms with Gasteiger partial charge in [0.15, 0.2) is 0 Å². The van der Waals surface area contributed by atoms with Crippen molar-refractivity contribution in [2.45, 2.75) is 30.7 Å². The van der Waals surface area contributed by atoms with Crippen LogP contribution in [0.15, 0.2) is 23.1 Å². The van der Waals surface area contributed by atoms with Gasteiger partial charge in [-0.2, -0.15) is 4.31 Å². The third kappa shape index (κ3) is 2.96. The molecule has 0 saturated carbocycles.